The third kappa shape index (κ3) is 6.65. The van der Waals surface area contributed by atoms with Crippen molar-refractivity contribution in [3.63, 3.8) is 0 Å². The van der Waals surface area contributed by atoms with Gasteiger partial charge in [-0.15, -0.1) is 28.1 Å². The number of nitrogens with one attached hydrogen (secondary N) is 2. The molecule has 8 nitrogen and oxygen atoms in total. The van der Waals surface area contributed by atoms with E-state index in [0.717, 1.165) is 5.56 Å². The average molecular weight is 477 g/mol. The molecule has 3 rings (SSSR count). The summed E-state index contributed by atoms with van der Waals surface area (Å²) in [6.07, 6.45) is 3.99. The molecule has 0 aliphatic carbocycles. The molecular weight excluding hydrogens is 456 g/mol. The van der Waals surface area contributed by atoms with Crippen LogP contribution < -0.4 is 10.6 Å². The largest absolute Gasteiger partial charge is 0.326 e. The number of thiazole rings is 1. The summed E-state index contributed by atoms with van der Waals surface area (Å²) in [5.74, 6) is 0.500. The molecule has 3 aromatic rings. The standard InChI is InChI=1S/C20H21ClN6O2S2/c1-3-9-27-16(6-7-17(28)23-14-5-4-13(2)15(21)11-14)25-26-20(27)31-12-18(29)24-19-22-8-10-30-19/h3-5,8,10-11H,1,6-7,9,12H2,2H3,(H,23,28)(H,22,24,29). The van der Waals surface area contributed by atoms with Gasteiger partial charge in [0.15, 0.2) is 10.3 Å². The van der Waals surface area contributed by atoms with E-state index in [0.29, 0.717) is 39.8 Å². The Morgan fingerprint density at radius 1 is 1.29 bits per heavy atom. The first-order valence-corrected chi connectivity index (χ1v) is 11.6. The Balaban J connectivity index is 1.56. The number of allylic oxidation sites excluding steroid dienone is 1. The molecule has 0 aliphatic heterocycles. The SMILES string of the molecule is C=CCn1c(CCC(=O)Nc2ccc(C)c(Cl)c2)nnc1SCC(=O)Nc1nccs1. The summed E-state index contributed by atoms with van der Waals surface area (Å²) >= 11 is 8.73. The topological polar surface area (TPSA) is 102 Å². The third-order valence-corrected chi connectivity index (χ3v) is 6.21. The highest BCUT2D eigenvalue weighted by Crippen LogP contribution is 2.21. The quantitative estimate of drug-likeness (QED) is 0.336. The van der Waals surface area contributed by atoms with Crippen molar-refractivity contribution in [2.45, 2.75) is 31.5 Å². The first-order valence-electron chi connectivity index (χ1n) is 9.37. The van der Waals surface area contributed by atoms with Gasteiger partial charge in [0.25, 0.3) is 0 Å². The van der Waals surface area contributed by atoms with Crippen molar-refractivity contribution in [2.75, 3.05) is 16.4 Å². The normalized spacial score (nSPS) is 10.6. The Bertz CT molecular complexity index is 1070. The van der Waals surface area contributed by atoms with Crippen molar-refractivity contribution in [3.05, 3.63) is 58.8 Å². The second-order valence-corrected chi connectivity index (χ2v) is 8.73. The maximum Gasteiger partial charge on any atom is 0.236 e. The number of rotatable bonds is 10. The number of amides is 2. The van der Waals surface area contributed by atoms with Gasteiger partial charge in [0.05, 0.1) is 5.75 Å². The number of aryl methyl sites for hydroxylation is 2. The number of halogens is 1. The number of nitrogens with zero attached hydrogens (tertiary/aromatic N) is 4. The summed E-state index contributed by atoms with van der Waals surface area (Å²) in [6.45, 7) is 6.15. The maximum atomic E-state index is 12.3. The Morgan fingerprint density at radius 2 is 2.13 bits per heavy atom. The molecule has 0 radical (unpaired) electrons. The van der Waals surface area contributed by atoms with Crippen LogP contribution >= 0.6 is 34.7 Å². The highest BCUT2D eigenvalue weighted by Gasteiger charge is 2.15. The molecular formula is C20H21ClN6O2S2. The van der Waals surface area contributed by atoms with Crippen LogP contribution in [-0.2, 0) is 22.6 Å². The van der Waals surface area contributed by atoms with E-state index in [1.54, 1.807) is 23.7 Å². The lowest BCUT2D eigenvalue weighted by Crippen LogP contribution is -2.15. The van der Waals surface area contributed by atoms with Gasteiger partial charge in [0.1, 0.15) is 5.82 Å². The number of anilines is 2. The van der Waals surface area contributed by atoms with Crippen molar-refractivity contribution >= 4 is 57.3 Å². The second-order valence-electron chi connectivity index (χ2n) is 6.48. The van der Waals surface area contributed by atoms with Gasteiger partial charge in [-0.05, 0) is 24.6 Å². The summed E-state index contributed by atoms with van der Waals surface area (Å²) in [7, 11) is 0. The number of thioether (sulfide) groups is 1. The molecule has 2 amide bonds. The zero-order valence-electron chi connectivity index (χ0n) is 16.8. The molecule has 2 aromatic heterocycles. The van der Waals surface area contributed by atoms with Crippen LogP contribution in [0.3, 0.4) is 0 Å². The molecule has 0 saturated heterocycles. The van der Waals surface area contributed by atoms with Crippen molar-refractivity contribution in [1.82, 2.24) is 19.7 Å². The fourth-order valence-corrected chi connectivity index (χ4v) is 4.11. The molecule has 0 saturated carbocycles. The molecule has 0 aliphatic rings. The third-order valence-electron chi connectivity index (χ3n) is 4.15. The van der Waals surface area contributed by atoms with E-state index >= 15 is 0 Å². The lowest BCUT2D eigenvalue weighted by atomic mass is 10.2. The Kier molecular flexibility index (Phi) is 8.21. The van der Waals surface area contributed by atoms with E-state index in [9.17, 15) is 9.59 Å². The van der Waals surface area contributed by atoms with Crippen molar-refractivity contribution in [3.8, 4) is 0 Å². The van der Waals surface area contributed by atoms with Gasteiger partial charge in [0, 0.05) is 41.7 Å². The lowest BCUT2D eigenvalue weighted by molar-refractivity contribution is -0.116. The van der Waals surface area contributed by atoms with E-state index in [4.69, 9.17) is 11.6 Å². The highest BCUT2D eigenvalue weighted by atomic mass is 35.5. The van der Waals surface area contributed by atoms with Gasteiger partial charge in [0.2, 0.25) is 11.8 Å². The number of carbonyl (C=O) groups is 2. The van der Waals surface area contributed by atoms with E-state index < -0.39 is 0 Å². The summed E-state index contributed by atoms with van der Waals surface area (Å²) < 4.78 is 1.85. The first-order chi connectivity index (χ1) is 15.0. The van der Waals surface area contributed by atoms with Crippen molar-refractivity contribution in [2.24, 2.45) is 0 Å². The van der Waals surface area contributed by atoms with Gasteiger partial charge in [-0.2, -0.15) is 0 Å². The minimum absolute atomic E-state index is 0.148. The smallest absolute Gasteiger partial charge is 0.236 e. The first kappa shape index (κ1) is 23.0. The number of aromatic nitrogens is 4. The predicted molar refractivity (Wildman–Crippen MR) is 125 cm³/mol. The van der Waals surface area contributed by atoms with Gasteiger partial charge < -0.3 is 15.2 Å². The second kappa shape index (κ2) is 11.1. The van der Waals surface area contributed by atoms with Crippen LogP contribution in [0.2, 0.25) is 5.02 Å². The lowest BCUT2D eigenvalue weighted by Gasteiger charge is -2.09. The fraction of sp³-hybridized carbons (Fsp3) is 0.250. The maximum absolute atomic E-state index is 12.3. The molecule has 0 atom stereocenters. The number of hydrogen-bond donors (Lipinski definition) is 2. The van der Waals surface area contributed by atoms with Crippen LogP contribution in [0.5, 0.6) is 0 Å². The van der Waals surface area contributed by atoms with Gasteiger partial charge in [-0.1, -0.05) is 35.5 Å². The van der Waals surface area contributed by atoms with E-state index in [1.165, 1.54) is 23.1 Å². The van der Waals surface area contributed by atoms with Crippen LogP contribution in [0.25, 0.3) is 0 Å². The number of carbonyl (C=O) groups excluding carboxylic acids is 2. The molecule has 0 spiro atoms. The van der Waals surface area contributed by atoms with E-state index in [1.807, 2.05) is 23.6 Å². The summed E-state index contributed by atoms with van der Waals surface area (Å²) in [5.41, 5.74) is 1.60. The summed E-state index contributed by atoms with van der Waals surface area (Å²) in [6, 6.07) is 5.39. The van der Waals surface area contributed by atoms with Gasteiger partial charge in [-0.3, -0.25) is 9.59 Å². The molecule has 162 valence electrons. The molecule has 0 fully saturated rings. The molecule has 2 N–H and O–H groups in total. The van der Waals surface area contributed by atoms with Crippen molar-refractivity contribution < 1.29 is 9.59 Å². The average Bonchev–Trinajstić information content (AvgIpc) is 3.38. The van der Waals surface area contributed by atoms with E-state index in [2.05, 4.69) is 32.4 Å². The van der Waals surface area contributed by atoms with Crippen LogP contribution in [0.4, 0.5) is 10.8 Å². The Morgan fingerprint density at radius 3 is 2.84 bits per heavy atom. The van der Waals surface area contributed by atoms with Crippen LogP contribution in [-0.4, -0.2) is 37.3 Å². The van der Waals surface area contributed by atoms with Crippen molar-refractivity contribution in [1.29, 1.82) is 0 Å². The molecule has 1 aromatic carbocycles. The molecule has 0 bridgehead atoms. The van der Waals surface area contributed by atoms with Crippen LogP contribution in [0, 0.1) is 6.92 Å². The zero-order chi connectivity index (χ0) is 22.2. The van der Waals surface area contributed by atoms with Crippen LogP contribution in [0.15, 0.2) is 47.6 Å². The Hall–Kier alpha value is -2.69. The monoisotopic (exact) mass is 476 g/mol. The summed E-state index contributed by atoms with van der Waals surface area (Å²) in [5, 5.41) is 17.5. The van der Waals surface area contributed by atoms with Gasteiger partial charge >= 0.3 is 0 Å². The fourth-order valence-electron chi connectivity index (χ4n) is 2.61. The minimum atomic E-state index is -0.175. The Labute approximate surface area is 193 Å². The minimum Gasteiger partial charge on any atom is -0.326 e. The molecule has 0 unspecified atom stereocenters. The summed E-state index contributed by atoms with van der Waals surface area (Å²) in [4.78, 5) is 28.4. The molecule has 2 heterocycles. The number of hydrogen-bond acceptors (Lipinski definition) is 7. The molecule has 11 heteroatoms. The highest BCUT2D eigenvalue weighted by molar-refractivity contribution is 7.99. The van der Waals surface area contributed by atoms with Gasteiger partial charge in [-0.25, -0.2) is 4.98 Å². The molecule has 31 heavy (non-hydrogen) atoms. The van der Waals surface area contributed by atoms with Crippen LogP contribution in [0.1, 0.15) is 17.8 Å². The predicted octanol–water partition coefficient (Wildman–Crippen LogP) is 4.18. The van der Waals surface area contributed by atoms with E-state index in [-0.39, 0.29) is 24.0 Å². The zero-order valence-corrected chi connectivity index (χ0v) is 19.2. The number of benzene rings is 1.